The lowest BCUT2D eigenvalue weighted by Crippen LogP contribution is -2.29. The summed E-state index contributed by atoms with van der Waals surface area (Å²) in [6.07, 6.45) is 4.85. The van der Waals surface area contributed by atoms with E-state index in [9.17, 15) is 10.1 Å². The summed E-state index contributed by atoms with van der Waals surface area (Å²) in [7, 11) is 0. The number of anilines is 1. The summed E-state index contributed by atoms with van der Waals surface area (Å²) < 4.78 is 0. The molecule has 0 amide bonds. The van der Waals surface area contributed by atoms with Crippen LogP contribution in [-0.2, 0) is 0 Å². The first kappa shape index (κ1) is 15.1. The Morgan fingerprint density at radius 1 is 1.40 bits per heavy atom. The Kier molecular flexibility index (Phi) is 4.86. The van der Waals surface area contributed by atoms with Crippen LogP contribution in [0.2, 0.25) is 5.02 Å². The number of halogens is 1. The van der Waals surface area contributed by atoms with E-state index in [1.807, 2.05) is 0 Å². The Morgan fingerprint density at radius 2 is 2.15 bits per heavy atom. The lowest BCUT2D eigenvalue weighted by atomic mass is 9.79. The van der Waals surface area contributed by atoms with E-state index < -0.39 is 4.92 Å². The molecule has 0 bridgehead atoms. The standard InChI is InChI=1S/C15H21ClN2O2/c1-10(2)11-4-3-5-12(8-11)17-13-6-7-15(18(19)20)14(16)9-13/h6-7,9-12,17H,3-5,8H2,1-2H3. The van der Waals surface area contributed by atoms with Crippen molar-refractivity contribution in [2.24, 2.45) is 11.8 Å². The van der Waals surface area contributed by atoms with E-state index in [0.717, 1.165) is 24.4 Å². The predicted molar refractivity (Wildman–Crippen MR) is 82.3 cm³/mol. The molecular formula is C15H21ClN2O2. The Balaban J connectivity index is 2.03. The summed E-state index contributed by atoms with van der Waals surface area (Å²) in [5.74, 6) is 1.47. The fourth-order valence-electron chi connectivity index (χ4n) is 2.94. The third kappa shape index (κ3) is 3.63. The highest BCUT2D eigenvalue weighted by Crippen LogP contribution is 2.33. The van der Waals surface area contributed by atoms with Crippen LogP contribution in [0.5, 0.6) is 0 Å². The number of benzene rings is 1. The van der Waals surface area contributed by atoms with Crippen LogP contribution in [0.3, 0.4) is 0 Å². The van der Waals surface area contributed by atoms with Gasteiger partial charge in [0.1, 0.15) is 5.02 Å². The summed E-state index contributed by atoms with van der Waals surface area (Å²) in [5.41, 5.74) is 0.830. The van der Waals surface area contributed by atoms with Crippen LogP contribution in [0.4, 0.5) is 11.4 Å². The van der Waals surface area contributed by atoms with Gasteiger partial charge in [-0.1, -0.05) is 38.3 Å². The summed E-state index contributed by atoms with van der Waals surface area (Å²) in [5, 5.41) is 14.4. The van der Waals surface area contributed by atoms with Gasteiger partial charge in [0.05, 0.1) is 4.92 Å². The van der Waals surface area contributed by atoms with E-state index in [4.69, 9.17) is 11.6 Å². The van der Waals surface area contributed by atoms with Crippen molar-refractivity contribution in [2.45, 2.75) is 45.6 Å². The molecule has 0 spiro atoms. The van der Waals surface area contributed by atoms with Gasteiger partial charge >= 0.3 is 0 Å². The minimum atomic E-state index is -0.457. The molecular weight excluding hydrogens is 276 g/mol. The highest BCUT2D eigenvalue weighted by molar-refractivity contribution is 6.32. The van der Waals surface area contributed by atoms with Crippen molar-refractivity contribution in [2.75, 3.05) is 5.32 Å². The van der Waals surface area contributed by atoms with Crippen LogP contribution in [0.25, 0.3) is 0 Å². The summed E-state index contributed by atoms with van der Waals surface area (Å²) in [6, 6.07) is 5.29. The van der Waals surface area contributed by atoms with Crippen LogP contribution in [0.15, 0.2) is 18.2 Å². The summed E-state index contributed by atoms with van der Waals surface area (Å²) >= 11 is 5.94. The maximum atomic E-state index is 10.7. The molecule has 0 aliphatic heterocycles. The van der Waals surface area contributed by atoms with Gasteiger partial charge in [0.2, 0.25) is 0 Å². The van der Waals surface area contributed by atoms with Crippen molar-refractivity contribution in [1.82, 2.24) is 0 Å². The van der Waals surface area contributed by atoms with E-state index in [1.165, 1.54) is 18.9 Å². The highest BCUT2D eigenvalue weighted by atomic mass is 35.5. The number of hydrogen-bond donors (Lipinski definition) is 1. The van der Waals surface area contributed by atoms with Gasteiger partial charge in [-0.3, -0.25) is 10.1 Å². The number of nitrogens with zero attached hydrogens (tertiary/aromatic N) is 1. The number of nitro groups is 1. The Bertz CT molecular complexity index is 491. The molecule has 2 atom stereocenters. The smallest absolute Gasteiger partial charge is 0.288 e. The molecule has 2 unspecified atom stereocenters. The monoisotopic (exact) mass is 296 g/mol. The number of nitrogens with one attached hydrogen (secondary N) is 1. The molecule has 0 radical (unpaired) electrons. The van der Waals surface area contributed by atoms with E-state index in [2.05, 4.69) is 19.2 Å². The van der Waals surface area contributed by atoms with E-state index in [0.29, 0.717) is 12.0 Å². The van der Waals surface area contributed by atoms with Crippen molar-refractivity contribution in [1.29, 1.82) is 0 Å². The van der Waals surface area contributed by atoms with Crippen LogP contribution in [-0.4, -0.2) is 11.0 Å². The van der Waals surface area contributed by atoms with Gasteiger partial charge in [-0.15, -0.1) is 0 Å². The van der Waals surface area contributed by atoms with Gasteiger partial charge in [0, 0.05) is 17.8 Å². The number of nitro benzene ring substituents is 1. The highest BCUT2D eigenvalue weighted by Gasteiger charge is 2.24. The molecule has 110 valence electrons. The Morgan fingerprint density at radius 3 is 2.75 bits per heavy atom. The summed E-state index contributed by atoms with van der Waals surface area (Å²) in [4.78, 5) is 10.3. The lowest BCUT2D eigenvalue weighted by Gasteiger charge is -2.32. The van der Waals surface area contributed by atoms with Crippen LogP contribution >= 0.6 is 11.6 Å². The average Bonchev–Trinajstić information content (AvgIpc) is 2.38. The van der Waals surface area contributed by atoms with Gasteiger partial charge in [0.25, 0.3) is 5.69 Å². The molecule has 1 fully saturated rings. The molecule has 1 aliphatic rings. The van der Waals surface area contributed by atoms with E-state index in [1.54, 1.807) is 12.1 Å². The first-order valence-corrected chi connectivity index (χ1v) is 7.55. The normalized spacial score (nSPS) is 22.8. The molecule has 1 aromatic carbocycles. The molecule has 1 aromatic rings. The molecule has 1 aliphatic carbocycles. The third-order valence-corrected chi connectivity index (χ3v) is 4.48. The first-order chi connectivity index (χ1) is 9.47. The van der Waals surface area contributed by atoms with Crippen molar-refractivity contribution in [3.8, 4) is 0 Å². The van der Waals surface area contributed by atoms with Crippen molar-refractivity contribution in [3.63, 3.8) is 0 Å². The largest absolute Gasteiger partial charge is 0.382 e. The van der Waals surface area contributed by atoms with E-state index in [-0.39, 0.29) is 10.7 Å². The number of rotatable bonds is 4. The zero-order valence-corrected chi connectivity index (χ0v) is 12.7. The van der Waals surface area contributed by atoms with Crippen molar-refractivity contribution in [3.05, 3.63) is 33.3 Å². The zero-order valence-electron chi connectivity index (χ0n) is 11.9. The second-order valence-corrected chi connectivity index (χ2v) is 6.34. The minimum absolute atomic E-state index is 0.0408. The molecule has 0 aromatic heterocycles. The topological polar surface area (TPSA) is 55.2 Å². The summed E-state index contributed by atoms with van der Waals surface area (Å²) in [6.45, 7) is 4.55. The Hall–Kier alpha value is -1.29. The quantitative estimate of drug-likeness (QED) is 0.636. The molecule has 0 heterocycles. The Labute approximate surface area is 124 Å². The first-order valence-electron chi connectivity index (χ1n) is 7.18. The van der Waals surface area contributed by atoms with Gasteiger partial charge in [-0.05, 0) is 36.8 Å². The second kappa shape index (κ2) is 6.44. The number of hydrogen-bond acceptors (Lipinski definition) is 3. The molecule has 5 heteroatoms. The third-order valence-electron chi connectivity index (χ3n) is 4.17. The molecule has 0 saturated heterocycles. The van der Waals surface area contributed by atoms with Gasteiger partial charge in [-0.25, -0.2) is 0 Å². The molecule has 4 nitrogen and oxygen atoms in total. The molecule has 2 rings (SSSR count). The van der Waals surface area contributed by atoms with Gasteiger partial charge in [-0.2, -0.15) is 0 Å². The fourth-order valence-corrected chi connectivity index (χ4v) is 3.19. The SMILES string of the molecule is CC(C)C1CCCC(Nc2ccc([N+](=O)[O-])c(Cl)c2)C1. The molecule has 1 saturated carbocycles. The van der Waals surface area contributed by atoms with Gasteiger partial charge < -0.3 is 5.32 Å². The molecule has 20 heavy (non-hydrogen) atoms. The van der Waals surface area contributed by atoms with Crippen LogP contribution in [0.1, 0.15) is 39.5 Å². The maximum absolute atomic E-state index is 10.7. The van der Waals surface area contributed by atoms with Crippen molar-refractivity contribution < 1.29 is 4.92 Å². The predicted octanol–water partition coefficient (Wildman–Crippen LogP) is 4.87. The van der Waals surface area contributed by atoms with Crippen LogP contribution in [0, 0.1) is 22.0 Å². The second-order valence-electron chi connectivity index (χ2n) is 5.94. The van der Waals surface area contributed by atoms with Crippen LogP contribution < -0.4 is 5.32 Å². The van der Waals surface area contributed by atoms with E-state index >= 15 is 0 Å². The average molecular weight is 297 g/mol. The zero-order chi connectivity index (χ0) is 14.7. The fraction of sp³-hybridized carbons (Fsp3) is 0.600. The maximum Gasteiger partial charge on any atom is 0.288 e. The lowest BCUT2D eigenvalue weighted by molar-refractivity contribution is -0.384. The molecule has 1 N–H and O–H groups in total. The van der Waals surface area contributed by atoms with Crippen molar-refractivity contribution >= 4 is 23.0 Å². The minimum Gasteiger partial charge on any atom is -0.382 e. The van der Waals surface area contributed by atoms with Gasteiger partial charge in [0.15, 0.2) is 0 Å².